The van der Waals surface area contributed by atoms with E-state index in [4.69, 9.17) is 15.7 Å². The third kappa shape index (κ3) is 2.95. The van der Waals surface area contributed by atoms with E-state index in [9.17, 15) is 0 Å². The molecule has 2 fully saturated rings. The van der Waals surface area contributed by atoms with Crippen LogP contribution >= 0.6 is 0 Å². The Hall–Kier alpha value is -0.810. The van der Waals surface area contributed by atoms with Gasteiger partial charge in [0.25, 0.3) is 0 Å². The average molecular weight is 255 g/mol. The molecule has 0 aromatic heterocycles. The van der Waals surface area contributed by atoms with Gasteiger partial charge in [-0.1, -0.05) is 11.6 Å². The monoisotopic (exact) mass is 255 g/mol. The van der Waals surface area contributed by atoms with Gasteiger partial charge in [0, 0.05) is 13.2 Å². The zero-order chi connectivity index (χ0) is 13.0. The van der Waals surface area contributed by atoms with E-state index in [2.05, 4.69) is 10.1 Å². The molecule has 18 heavy (non-hydrogen) atoms. The summed E-state index contributed by atoms with van der Waals surface area (Å²) >= 11 is 0. The molecule has 1 saturated heterocycles. The highest BCUT2D eigenvalue weighted by molar-refractivity contribution is 5.85. The topological polar surface area (TPSA) is 71.1 Å². The smallest absolute Gasteiger partial charge is 0.156 e. The zero-order valence-corrected chi connectivity index (χ0v) is 11.2. The fourth-order valence-corrected chi connectivity index (χ4v) is 3.41. The number of hydrogen-bond acceptors (Lipinski definition) is 4. The Morgan fingerprint density at radius 3 is 2.83 bits per heavy atom. The predicted octanol–water partition coefficient (Wildman–Crippen LogP) is 1.54. The highest BCUT2D eigenvalue weighted by Crippen LogP contribution is 2.29. The molecule has 0 amide bonds. The molecule has 1 aliphatic heterocycles. The third-order valence-corrected chi connectivity index (χ3v) is 4.40. The fraction of sp³-hybridized carbons (Fsp3) is 0.923. The van der Waals surface area contributed by atoms with Crippen LogP contribution in [-0.2, 0) is 4.74 Å². The summed E-state index contributed by atoms with van der Waals surface area (Å²) in [6.07, 6.45) is 8.41. The number of nitrogens with zero attached hydrogens (tertiary/aromatic N) is 2. The number of likely N-dealkylation sites (tertiary alicyclic amines) is 1. The summed E-state index contributed by atoms with van der Waals surface area (Å²) in [5.74, 6) is 0.370. The molecular weight excluding hydrogens is 230 g/mol. The van der Waals surface area contributed by atoms with Crippen LogP contribution in [0.4, 0.5) is 0 Å². The largest absolute Gasteiger partial charge is 0.409 e. The molecule has 3 N–H and O–H groups in total. The van der Waals surface area contributed by atoms with E-state index in [0.29, 0.717) is 18.0 Å². The molecule has 3 atom stereocenters. The van der Waals surface area contributed by atoms with Crippen LogP contribution in [0.3, 0.4) is 0 Å². The zero-order valence-electron chi connectivity index (χ0n) is 11.2. The van der Waals surface area contributed by atoms with E-state index in [0.717, 1.165) is 32.2 Å². The number of nitrogens with two attached hydrogens (primary N) is 1. The maximum absolute atomic E-state index is 8.91. The molecule has 0 radical (unpaired) electrons. The lowest BCUT2D eigenvalue weighted by Gasteiger charge is -2.43. The SMILES string of the molecule is COC1CCCC(N2CCCCC2C(N)=NO)C1. The minimum Gasteiger partial charge on any atom is -0.409 e. The molecule has 5 heteroatoms. The van der Waals surface area contributed by atoms with Crippen LogP contribution in [0, 0.1) is 0 Å². The highest BCUT2D eigenvalue weighted by Gasteiger charge is 2.34. The van der Waals surface area contributed by atoms with Gasteiger partial charge in [0.05, 0.1) is 12.1 Å². The van der Waals surface area contributed by atoms with Crippen molar-refractivity contribution in [3.8, 4) is 0 Å². The normalized spacial score (nSPS) is 35.6. The van der Waals surface area contributed by atoms with Crippen LogP contribution in [0.2, 0.25) is 0 Å². The second kappa shape index (κ2) is 6.38. The summed E-state index contributed by atoms with van der Waals surface area (Å²) in [5, 5.41) is 12.1. The number of piperidine rings is 1. The fourth-order valence-electron chi connectivity index (χ4n) is 3.41. The maximum atomic E-state index is 8.91. The molecular formula is C13H25N3O2. The average Bonchev–Trinajstić information content (AvgIpc) is 2.46. The van der Waals surface area contributed by atoms with Gasteiger partial charge in [-0.3, -0.25) is 4.90 Å². The molecule has 1 saturated carbocycles. The van der Waals surface area contributed by atoms with E-state index in [1.165, 1.54) is 19.3 Å². The molecule has 2 rings (SSSR count). The molecule has 1 aliphatic carbocycles. The van der Waals surface area contributed by atoms with Crippen LogP contribution in [0.1, 0.15) is 44.9 Å². The van der Waals surface area contributed by atoms with Crippen molar-refractivity contribution in [2.75, 3.05) is 13.7 Å². The molecule has 0 spiro atoms. The van der Waals surface area contributed by atoms with E-state index < -0.39 is 0 Å². The van der Waals surface area contributed by atoms with Gasteiger partial charge in [0.2, 0.25) is 0 Å². The summed E-state index contributed by atoms with van der Waals surface area (Å²) in [7, 11) is 1.80. The lowest BCUT2D eigenvalue weighted by molar-refractivity contribution is 0.0145. The number of hydrogen-bond donors (Lipinski definition) is 2. The van der Waals surface area contributed by atoms with Crippen molar-refractivity contribution in [3.05, 3.63) is 0 Å². The van der Waals surface area contributed by atoms with Gasteiger partial charge in [-0.2, -0.15) is 0 Å². The lowest BCUT2D eigenvalue weighted by Crippen LogP contribution is -2.54. The van der Waals surface area contributed by atoms with E-state index >= 15 is 0 Å². The van der Waals surface area contributed by atoms with Crippen molar-refractivity contribution in [1.29, 1.82) is 0 Å². The molecule has 0 aromatic rings. The summed E-state index contributed by atoms with van der Waals surface area (Å²) in [4.78, 5) is 2.43. The molecule has 2 aliphatic rings. The Morgan fingerprint density at radius 1 is 1.28 bits per heavy atom. The molecule has 3 unspecified atom stereocenters. The molecule has 104 valence electrons. The molecule has 0 aromatic carbocycles. The van der Waals surface area contributed by atoms with Crippen molar-refractivity contribution in [2.45, 2.75) is 63.1 Å². The number of ether oxygens (including phenoxy) is 1. The number of oxime groups is 1. The van der Waals surface area contributed by atoms with Gasteiger partial charge in [0.15, 0.2) is 5.84 Å². The van der Waals surface area contributed by atoms with Crippen molar-refractivity contribution in [1.82, 2.24) is 4.90 Å². The van der Waals surface area contributed by atoms with E-state index in [-0.39, 0.29) is 6.04 Å². The van der Waals surface area contributed by atoms with Crippen molar-refractivity contribution in [2.24, 2.45) is 10.9 Å². The Bertz CT molecular complexity index is 296. The van der Waals surface area contributed by atoms with Crippen molar-refractivity contribution in [3.63, 3.8) is 0 Å². The second-order valence-electron chi connectivity index (χ2n) is 5.45. The van der Waals surface area contributed by atoms with Crippen LogP contribution in [0.15, 0.2) is 5.16 Å². The van der Waals surface area contributed by atoms with Crippen molar-refractivity contribution < 1.29 is 9.94 Å². The van der Waals surface area contributed by atoms with Gasteiger partial charge >= 0.3 is 0 Å². The first kappa shape index (κ1) is 13.6. The van der Waals surface area contributed by atoms with Gasteiger partial charge in [-0.05, 0) is 45.1 Å². The Balaban J connectivity index is 2.03. The van der Waals surface area contributed by atoms with Crippen LogP contribution in [-0.4, -0.2) is 47.8 Å². The van der Waals surface area contributed by atoms with Crippen molar-refractivity contribution >= 4 is 5.84 Å². The summed E-state index contributed by atoms with van der Waals surface area (Å²) in [6, 6.07) is 0.638. The van der Waals surface area contributed by atoms with Crippen LogP contribution in [0.25, 0.3) is 0 Å². The lowest BCUT2D eigenvalue weighted by atomic mass is 9.88. The quantitative estimate of drug-likeness (QED) is 0.347. The Morgan fingerprint density at radius 2 is 2.11 bits per heavy atom. The second-order valence-corrected chi connectivity index (χ2v) is 5.45. The van der Waals surface area contributed by atoms with Gasteiger partial charge < -0.3 is 15.7 Å². The van der Waals surface area contributed by atoms with Gasteiger partial charge in [0.1, 0.15) is 0 Å². The van der Waals surface area contributed by atoms with Crippen LogP contribution < -0.4 is 5.73 Å². The number of methoxy groups -OCH3 is 1. The first-order valence-corrected chi connectivity index (χ1v) is 7.02. The number of rotatable bonds is 3. The van der Waals surface area contributed by atoms with E-state index in [1.54, 1.807) is 7.11 Å². The van der Waals surface area contributed by atoms with E-state index in [1.807, 2.05) is 0 Å². The Labute approximate surface area is 109 Å². The molecule has 0 bridgehead atoms. The summed E-state index contributed by atoms with van der Waals surface area (Å²) in [5.41, 5.74) is 5.84. The Kier molecular flexibility index (Phi) is 4.83. The maximum Gasteiger partial charge on any atom is 0.156 e. The van der Waals surface area contributed by atoms with Gasteiger partial charge in [-0.25, -0.2) is 0 Å². The molecule has 5 nitrogen and oxygen atoms in total. The first-order chi connectivity index (χ1) is 8.76. The predicted molar refractivity (Wildman–Crippen MR) is 70.8 cm³/mol. The third-order valence-electron chi connectivity index (χ3n) is 4.40. The minimum atomic E-state index is 0.115. The summed E-state index contributed by atoms with van der Waals surface area (Å²) in [6.45, 7) is 1.06. The summed E-state index contributed by atoms with van der Waals surface area (Å²) < 4.78 is 5.50. The highest BCUT2D eigenvalue weighted by atomic mass is 16.5. The van der Waals surface area contributed by atoms with Crippen LogP contribution in [0.5, 0.6) is 0 Å². The minimum absolute atomic E-state index is 0.115. The number of amidine groups is 1. The first-order valence-electron chi connectivity index (χ1n) is 7.02. The molecule has 1 heterocycles. The standard InChI is InChI=1S/C13H25N3O2/c1-18-11-6-4-5-10(9-11)16-8-3-2-7-12(16)13(14)15-17/h10-12,17H,2-9H2,1H3,(H2,14,15). The van der Waals surface area contributed by atoms with Gasteiger partial charge in [-0.15, -0.1) is 0 Å².